The minimum Gasteiger partial charge on any atom is -0.228 e. The standard InChI is InChI=1S/C18H18N2S/c1-18(2,3)21-17-14-11-7-8-12-15(14)19-16(20-17)13-9-5-4-6-10-13/h4-12H,1-3H3. The minimum absolute atomic E-state index is 0.116. The summed E-state index contributed by atoms with van der Waals surface area (Å²) in [7, 11) is 0. The van der Waals surface area contributed by atoms with Gasteiger partial charge in [0.15, 0.2) is 5.82 Å². The first-order valence-corrected chi connectivity index (χ1v) is 7.86. The molecular weight excluding hydrogens is 276 g/mol. The Kier molecular flexibility index (Phi) is 3.68. The van der Waals surface area contributed by atoms with Crippen LogP contribution in [0.25, 0.3) is 22.3 Å². The summed E-state index contributed by atoms with van der Waals surface area (Å²) in [4.78, 5) is 9.52. The zero-order chi connectivity index (χ0) is 14.9. The summed E-state index contributed by atoms with van der Waals surface area (Å²) in [6.45, 7) is 6.62. The van der Waals surface area contributed by atoms with Gasteiger partial charge in [0.2, 0.25) is 0 Å². The molecule has 0 radical (unpaired) electrons. The molecule has 106 valence electrons. The largest absolute Gasteiger partial charge is 0.228 e. The van der Waals surface area contributed by atoms with Gasteiger partial charge in [-0.1, -0.05) is 81.1 Å². The van der Waals surface area contributed by atoms with Gasteiger partial charge in [-0.25, -0.2) is 9.97 Å². The highest BCUT2D eigenvalue weighted by molar-refractivity contribution is 8.00. The molecule has 3 aromatic rings. The molecule has 3 heteroatoms. The van der Waals surface area contributed by atoms with Crippen LogP contribution in [-0.2, 0) is 0 Å². The summed E-state index contributed by atoms with van der Waals surface area (Å²) in [5.41, 5.74) is 2.05. The Morgan fingerprint density at radius 2 is 1.48 bits per heavy atom. The van der Waals surface area contributed by atoms with Gasteiger partial charge < -0.3 is 0 Å². The smallest absolute Gasteiger partial charge is 0.161 e. The summed E-state index contributed by atoms with van der Waals surface area (Å²) < 4.78 is 0.116. The third kappa shape index (κ3) is 3.24. The van der Waals surface area contributed by atoms with Crippen LogP contribution in [0.3, 0.4) is 0 Å². The Morgan fingerprint density at radius 3 is 2.19 bits per heavy atom. The summed E-state index contributed by atoms with van der Waals surface area (Å²) in [6.07, 6.45) is 0. The van der Waals surface area contributed by atoms with Crippen LogP contribution in [0.15, 0.2) is 59.6 Å². The zero-order valence-electron chi connectivity index (χ0n) is 12.5. The molecule has 0 aliphatic heterocycles. The van der Waals surface area contributed by atoms with Crippen molar-refractivity contribution < 1.29 is 0 Å². The van der Waals surface area contributed by atoms with Gasteiger partial charge in [0.1, 0.15) is 5.03 Å². The number of aromatic nitrogens is 2. The number of benzene rings is 2. The lowest BCUT2D eigenvalue weighted by Gasteiger charge is -2.18. The summed E-state index contributed by atoms with van der Waals surface area (Å²) >= 11 is 1.79. The maximum atomic E-state index is 4.81. The van der Waals surface area contributed by atoms with Gasteiger partial charge >= 0.3 is 0 Å². The number of fused-ring (bicyclic) bond motifs is 1. The second kappa shape index (κ2) is 5.49. The number of hydrogen-bond acceptors (Lipinski definition) is 3. The van der Waals surface area contributed by atoms with Crippen molar-refractivity contribution >= 4 is 22.7 Å². The van der Waals surface area contributed by atoms with Crippen molar-refractivity contribution in [2.45, 2.75) is 30.5 Å². The van der Waals surface area contributed by atoms with E-state index in [9.17, 15) is 0 Å². The van der Waals surface area contributed by atoms with E-state index in [2.05, 4.69) is 45.0 Å². The van der Waals surface area contributed by atoms with Crippen LogP contribution in [0.5, 0.6) is 0 Å². The van der Waals surface area contributed by atoms with Gasteiger partial charge in [0, 0.05) is 15.7 Å². The van der Waals surface area contributed by atoms with Crippen LogP contribution in [0.1, 0.15) is 20.8 Å². The quantitative estimate of drug-likeness (QED) is 0.480. The average Bonchev–Trinajstić information content (AvgIpc) is 2.46. The van der Waals surface area contributed by atoms with Crippen LogP contribution in [0.2, 0.25) is 0 Å². The van der Waals surface area contributed by atoms with E-state index in [1.165, 1.54) is 0 Å². The van der Waals surface area contributed by atoms with Crippen LogP contribution >= 0.6 is 11.8 Å². The Balaban J connectivity index is 2.20. The molecule has 0 fully saturated rings. The van der Waals surface area contributed by atoms with Gasteiger partial charge in [0.05, 0.1) is 5.52 Å². The van der Waals surface area contributed by atoms with E-state index in [-0.39, 0.29) is 4.75 Å². The first-order valence-electron chi connectivity index (χ1n) is 7.04. The molecule has 3 rings (SSSR count). The first kappa shape index (κ1) is 14.1. The Hall–Kier alpha value is -1.87. The molecule has 0 aliphatic carbocycles. The van der Waals surface area contributed by atoms with Crippen molar-refractivity contribution in [1.82, 2.24) is 9.97 Å². The fraction of sp³-hybridized carbons (Fsp3) is 0.222. The predicted octanol–water partition coefficient (Wildman–Crippen LogP) is 5.19. The lowest BCUT2D eigenvalue weighted by molar-refractivity contribution is 0.800. The molecular formula is C18H18N2S. The van der Waals surface area contributed by atoms with E-state index in [0.29, 0.717) is 0 Å². The average molecular weight is 294 g/mol. The molecule has 0 spiro atoms. The molecule has 0 unspecified atom stereocenters. The van der Waals surface area contributed by atoms with E-state index in [4.69, 9.17) is 9.97 Å². The Labute approximate surface area is 129 Å². The molecule has 0 bridgehead atoms. The molecule has 0 saturated heterocycles. The zero-order valence-corrected chi connectivity index (χ0v) is 13.3. The number of nitrogens with zero attached hydrogens (tertiary/aromatic N) is 2. The predicted molar refractivity (Wildman–Crippen MR) is 90.6 cm³/mol. The molecule has 2 nitrogen and oxygen atoms in total. The van der Waals surface area contributed by atoms with Crippen molar-refractivity contribution in [2.75, 3.05) is 0 Å². The van der Waals surface area contributed by atoms with Crippen LogP contribution in [0, 0.1) is 0 Å². The number of rotatable bonds is 2. The van der Waals surface area contributed by atoms with Crippen molar-refractivity contribution in [1.29, 1.82) is 0 Å². The monoisotopic (exact) mass is 294 g/mol. The second-order valence-corrected chi connectivity index (χ2v) is 7.77. The highest BCUT2D eigenvalue weighted by Gasteiger charge is 2.17. The highest BCUT2D eigenvalue weighted by Crippen LogP contribution is 2.35. The Morgan fingerprint density at radius 1 is 0.810 bits per heavy atom. The van der Waals surface area contributed by atoms with Gasteiger partial charge in [-0.05, 0) is 6.07 Å². The van der Waals surface area contributed by atoms with Gasteiger partial charge in [-0.2, -0.15) is 0 Å². The topological polar surface area (TPSA) is 25.8 Å². The maximum Gasteiger partial charge on any atom is 0.161 e. The van der Waals surface area contributed by atoms with Gasteiger partial charge in [0.25, 0.3) is 0 Å². The molecule has 21 heavy (non-hydrogen) atoms. The number of hydrogen-bond donors (Lipinski definition) is 0. The van der Waals surface area contributed by atoms with Gasteiger partial charge in [-0.3, -0.25) is 0 Å². The lowest BCUT2D eigenvalue weighted by Crippen LogP contribution is -2.08. The summed E-state index contributed by atoms with van der Waals surface area (Å²) in [5, 5.41) is 2.17. The molecule has 0 saturated carbocycles. The maximum absolute atomic E-state index is 4.81. The van der Waals surface area contributed by atoms with Gasteiger partial charge in [-0.15, -0.1) is 0 Å². The van der Waals surface area contributed by atoms with Crippen molar-refractivity contribution in [2.24, 2.45) is 0 Å². The molecule has 0 aliphatic rings. The number of thioether (sulfide) groups is 1. The minimum atomic E-state index is 0.116. The third-order valence-corrected chi connectivity index (χ3v) is 4.12. The molecule has 1 heterocycles. The van der Waals surface area contributed by atoms with E-state index >= 15 is 0 Å². The second-order valence-electron chi connectivity index (χ2n) is 5.95. The van der Waals surface area contributed by atoms with Crippen LogP contribution in [-0.4, -0.2) is 14.7 Å². The lowest BCUT2D eigenvalue weighted by atomic mass is 10.2. The van der Waals surface area contributed by atoms with Crippen molar-refractivity contribution in [3.05, 3.63) is 54.6 Å². The van der Waals surface area contributed by atoms with E-state index in [1.807, 2.05) is 30.3 Å². The van der Waals surface area contributed by atoms with Crippen LogP contribution < -0.4 is 0 Å². The van der Waals surface area contributed by atoms with Crippen molar-refractivity contribution in [3.63, 3.8) is 0 Å². The fourth-order valence-electron chi connectivity index (χ4n) is 2.13. The van der Waals surface area contributed by atoms with E-state index < -0.39 is 0 Å². The molecule has 0 N–H and O–H groups in total. The molecule has 0 amide bonds. The van der Waals surface area contributed by atoms with E-state index in [0.717, 1.165) is 27.3 Å². The Bertz CT molecular complexity index is 761. The number of para-hydroxylation sites is 1. The molecule has 1 aromatic heterocycles. The highest BCUT2D eigenvalue weighted by atomic mass is 32.2. The van der Waals surface area contributed by atoms with Crippen molar-refractivity contribution in [3.8, 4) is 11.4 Å². The molecule has 2 aromatic carbocycles. The normalized spacial score (nSPS) is 11.8. The summed E-state index contributed by atoms with van der Waals surface area (Å²) in [6, 6.07) is 18.4. The van der Waals surface area contributed by atoms with E-state index in [1.54, 1.807) is 11.8 Å². The molecule has 0 atom stereocenters. The fourth-order valence-corrected chi connectivity index (χ4v) is 3.13. The first-order chi connectivity index (χ1) is 10.0. The SMILES string of the molecule is CC(C)(C)Sc1nc(-c2ccccc2)nc2ccccc12. The van der Waals surface area contributed by atoms with Crippen LogP contribution in [0.4, 0.5) is 0 Å². The summed E-state index contributed by atoms with van der Waals surface area (Å²) in [5.74, 6) is 0.793. The third-order valence-electron chi connectivity index (χ3n) is 3.00.